The minimum absolute atomic E-state index is 0.225. The van der Waals surface area contributed by atoms with Crippen LogP contribution in [0, 0.1) is 0 Å². The summed E-state index contributed by atoms with van der Waals surface area (Å²) in [7, 11) is 4.94. The van der Waals surface area contributed by atoms with Crippen molar-refractivity contribution in [3.05, 3.63) is 17.7 Å². The molecule has 0 aliphatic carbocycles. The number of rotatable bonds is 7. The number of fused-ring (bicyclic) bond motifs is 1. The second kappa shape index (κ2) is 8.25. The van der Waals surface area contributed by atoms with Gasteiger partial charge in [-0.1, -0.05) is 6.07 Å². The van der Waals surface area contributed by atoms with Crippen molar-refractivity contribution >= 4 is 0 Å². The molecule has 1 N–H and O–H groups in total. The van der Waals surface area contributed by atoms with Crippen LogP contribution in [-0.2, 0) is 6.54 Å². The number of aliphatic hydroxyl groups is 1. The minimum atomic E-state index is 0.225. The summed E-state index contributed by atoms with van der Waals surface area (Å²) in [6.45, 7) is 4.30. The summed E-state index contributed by atoms with van der Waals surface area (Å²) in [6, 6.07) is 5.00. The van der Waals surface area contributed by atoms with Gasteiger partial charge in [-0.05, 0) is 31.9 Å². The Labute approximate surface area is 150 Å². The first-order valence-corrected chi connectivity index (χ1v) is 9.08. The Morgan fingerprint density at radius 2 is 1.88 bits per heavy atom. The highest BCUT2D eigenvalue weighted by molar-refractivity contribution is 5.55. The van der Waals surface area contributed by atoms with Crippen LogP contribution in [-0.4, -0.2) is 74.6 Å². The molecule has 1 aromatic carbocycles. The molecule has 6 heteroatoms. The van der Waals surface area contributed by atoms with Crippen molar-refractivity contribution in [2.45, 2.75) is 37.9 Å². The Morgan fingerprint density at radius 3 is 2.56 bits per heavy atom. The Kier molecular flexibility index (Phi) is 6.04. The molecule has 25 heavy (non-hydrogen) atoms. The van der Waals surface area contributed by atoms with Gasteiger partial charge >= 0.3 is 0 Å². The minimum Gasteiger partial charge on any atom is -0.493 e. The number of aliphatic hydroxyl groups excluding tert-OH is 1. The SMILES string of the molecule is COc1ccc(CN2CC3CCCN3C[C@@H]2CCO)c(OC)c1OC. The summed E-state index contributed by atoms with van der Waals surface area (Å²) in [5.74, 6) is 2.05. The number of methoxy groups -OCH3 is 3. The predicted octanol–water partition coefficient (Wildman–Crippen LogP) is 1.74. The molecule has 0 saturated carbocycles. The zero-order valence-corrected chi connectivity index (χ0v) is 15.5. The highest BCUT2D eigenvalue weighted by Gasteiger charge is 2.36. The number of nitrogens with zero attached hydrogens (tertiary/aromatic N) is 2. The molecule has 1 aromatic rings. The summed E-state index contributed by atoms with van der Waals surface area (Å²) in [4.78, 5) is 5.08. The van der Waals surface area contributed by atoms with Gasteiger partial charge in [0.2, 0.25) is 5.75 Å². The molecule has 0 bridgehead atoms. The van der Waals surface area contributed by atoms with Gasteiger partial charge in [0.25, 0.3) is 0 Å². The number of benzene rings is 1. The topological polar surface area (TPSA) is 54.4 Å². The third kappa shape index (κ3) is 3.71. The van der Waals surface area contributed by atoms with Gasteiger partial charge in [-0.3, -0.25) is 9.80 Å². The fourth-order valence-electron chi connectivity index (χ4n) is 4.27. The van der Waals surface area contributed by atoms with E-state index in [0.717, 1.165) is 37.4 Å². The molecule has 2 saturated heterocycles. The summed E-state index contributed by atoms with van der Waals surface area (Å²) in [5, 5.41) is 9.49. The van der Waals surface area contributed by atoms with E-state index in [9.17, 15) is 5.11 Å². The van der Waals surface area contributed by atoms with E-state index in [-0.39, 0.29) is 6.61 Å². The Hall–Kier alpha value is -1.50. The lowest BCUT2D eigenvalue weighted by atomic mass is 10.0. The van der Waals surface area contributed by atoms with E-state index < -0.39 is 0 Å². The van der Waals surface area contributed by atoms with Crippen LogP contribution in [0.5, 0.6) is 17.2 Å². The van der Waals surface area contributed by atoms with Crippen LogP contribution in [0.4, 0.5) is 0 Å². The largest absolute Gasteiger partial charge is 0.493 e. The van der Waals surface area contributed by atoms with Gasteiger partial charge in [-0.25, -0.2) is 0 Å². The first-order chi connectivity index (χ1) is 12.2. The van der Waals surface area contributed by atoms with E-state index in [1.165, 1.54) is 19.4 Å². The first kappa shape index (κ1) is 18.3. The zero-order valence-electron chi connectivity index (χ0n) is 15.5. The Balaban J connectivity index is 1.84. The van der Waals surface area contributed by atoms with Crippen LogP contribution in [0.15, 0.2) is 12.1 Å². The van der Waals surface area contributed by atoms with Crippen molar-refractivity contribution in [2.24, 2.45) is 0 Å². The van der Waals surface area contributed by atoms with Crippen molar-refractivity contribution in [3.63, 3.8) is 0 Å². The molecule has 3 rings (SSSR count). The van der Waals surface area contributed by atoms with Crippen LogP contribution in [0.2, 0.25) is 0 Å². The van der Waals surface area contributed by atoms with Gasteiger partial charge in [-0.2, -0.15) is 0 Å². The zero-order chi connectivity index (χ0) is 17.8. The molecular weight excluding hydrogens is 320 g/mol. The number of hydrogen-bond acceptors (Lipinski definition) is 6. The monoisotopic (exact) mass is 350 g/mol. The molecular formula is C19H30N2O4. The average Bonchev–Trinajstić information content (AvgIpc) is 3.08. The molecule has 140 valence electrons. The van der Waals surface area contributed by atoms with Gasteiger partial charge in [0.05, 0.1) is 21.3 Å². The van der Waals surface area contributed by atoms with E-state index in [1.54, 1.807) is 21.3 Å². The van der Waals surface area contributed by atoms with Gasteiger partial charge in [0.15, 0.2) is 11.5 Å². The van der Waals surface area contributed by atoms with Crippen molar-refractivity contribution in [2.75, 3.05) is 47.6 Å². The molecule has 0 radical (unpaired) electrons. The molecule has 0 spiro atoms. The quantitative estimate of drug-likeness (QED) is 0.808. The van der Waals surface area contributed by atoms with E-state index in [2.05, 4.69) is 15.9 Å². The Bertz CT molecular complexity index is 581. The fourth-order valence-corrected chi connectivity index (χ4v) is 4.27. The Morgan fingerprint density at radius 1 is 1.08 bits per heavy atom. The van der Waals surface area contributed by atoms with Gasteiger partial charge in [0, 0.05) is 43.9 Å². The second-order valence-corrected chi connectivity index (χ2v) is 6.88. The maximum Gasteiger partial charge on any atom is 0.203 e. The lowest BCUT2D eigenvalue weighted by Gasteiger charge is -2.44. The summed E-state index contributed by atoms with van der Waals surface area (Å²) in [5.41, 5.74) is 1.09. The molecule has 0 aromatic heterocycles. The van der Waals surface area contributed by atoms with Crippen LogP contribution in [0.25, 0.3) is 0 Å². The highest BCUT2D eigenvalue weighted by Crippen LogP contribution is 2.40. The maximum absolute atomic E-state index is 9.49. The van der Waals surface area contributed by atoms with Crippen molar-refractivity contribution in [3.8, 4) is 17.2 Å². The van der Waals surface area contributed by atoms with E-state index in [4.69, 9.17) is 14.2 Å². The molecule has 2 aliphatic heterocycles. The summed E-state index contributed by atoms with van der Waals surface area (Å²) in [6.07, 6.45) is 3.36. The fraction of sp³-hybridized carbons (Fsp3) is 0.684. The molecule has 0 amide bonds. The van der Waals surface area contributed by atoms with Crippen molar-refractivity contribution in [1.29, 1.82) is 0 Å². The molecule has 2 fully saturated rings. The van der Waals surface area contributed by atoms with E-state index in [1.807, 2.05) is 6.07 Å². The van der Waals surface area contributed by atoms with Crippen molar-refractivity contribution in [1.82, 2.24) is 9.80 Å². The molecule has 1 unspecified atom stereocenters. The van der Waals surface area contributed by atoms with Crippen LogP contribution in [0.1, 0.15) is 24.8 Å². The van der Waals surface area contributed by atoms with E-state index in [0.29, 0.717) is 23.6 Å². The third-order valence-electron chi connectivity index (χ3n) is 5.53. The third-order valence-corrected chi connectivity index (χ3v) is 5.53. The van der Waals surface area contributed by atoms with E-state index >= 15 is 0 Å². The van der Waals surface area contributed by atoms with Gasteiger partial charge in [-0.15, -0.1) is 0 Å². The lowest BCUT2D eigenvalue weighted by molar-refractivity contribution is 0.0328. The molecule has 6 nitrogen and oxygen atoms in total. The lowest BCUT2D eigenvalue weighted by Crippen LogP contribution is -2.55. The number of ether oxygens (including phenoxy) is 3. The van der Waals surface area contributed by atoms with Crippen LogP contribution in [0.3, 0.4) is 0 Å². The molecule has 2 aliphatic rings. The standard InChI is InChI=1S/C19H30N2O4/c1-23-17-7-6-14(18(24-2)19(17)25-3)11-21-13-15-5-4-9-20(15)12-16(21)8-10-22/h6-7,15-16,22H,4-5,8-13H2,1-3H3/t15?,16-/m0/s1. The van der Waals surface area contributed by atoms with Gasteiger partial charge in [0.1, 0.15) is 0 Å². The van der Waals surface area contributed by atoms with Crippen LogP contribution >= 0.6 is 0 Å². The predicted molar refractivity (Wildman–Crippen MR) is 96.6 cm³/mol. The first-order valence-electron chi connectivity index (χ1n) is 9.08. The summed E-state index contributed by atoms with van der Waals surface area (Å²) < 4.78 is 16.5. The highest BCUT2D eigenvalue weighted by atomic mass is 16.5. The average molecular weight is 350 g/mol. The summed E-state index contributed by atoms with van der Waals surface area (Å²) >= 11 is 0. The normalized spacial score (nSPS) is 24.2. The maximum atomic E-state index is 9.49. The second-order valence-electron chi connectivity index (χ2n) is 6.88. The molecule has 2 atom stereocenters. The molecule has 2 heterocycles. The van der Waals surface area contributed by atoms with Gasteiger partial charge < -0.3 is 19.3 Å². The number of piperazine rings is 1. The van der Waals surface area contributed by atoms with Crippen LogP contribution < -0.4 is 14.2 Å². The number of hydrogen-bond donors (Lipinski definition) is 1. The smallest absolute Gasteiger partial charge is 0.203 e. The van der Waals surface area contributed by atoms with Crippen molar-refractivity contribution < 1.29 is 19.3 Å².